The Hall–Kier alpha value is -5.71. The second-order valence-electron chi connectivity index (χ2n) is 10.5. The van der Waals surface area contributed by atoms with E-state index < -0.39 is 17.1 Å². The number of ether oxygens (including phenoxy) is 1. The number of rotatable bonds is 11. The van der Waals surface area contributed by atoms with Gasteiger partial charge in [0.25, 0.3) is 11.8 Å². The fourth-order valence-electron chi connectivity index (χ4n) is 4.77. The lowest BCUT2D eigenvalue weighted by Gasteiger charge is -2.16. The van der Waals surface area contributed by atoms with E-state index in [0.29, 0.717) is 16.4 Å². The second-order valence-corrected chi connectivity index (χ2v) is 12.7. The van der Waals surface area contributed by atoms with E-state index in [2.05, 4.69) is 20.9 Å². The zero-order valence-electron chi connectivity index (χ0n) is 25.8. The zero-order chi connectivity index (χ0) is 33.3. The molecule has 1 atom stereocenters. The average molecular weight is 671 g/mol. The van der Waals surface area contributed by atoms with Crippen molar-refractivity contribution in [2.45, 2.75) is 10.1 Å². The van der Waals surface area contributed by atoms with Gasteiger partial charge < -0.3 is 20.7 Å². The van der Waals surface area contributed by atoms with Crippen molar-refractivity contribution in [1.29, 1.82) is 0 Å². The van der Waals surface area contributed by atoms with Gasteiger partial charge in [-0.15, -0.1) is 11.8 Å². The molecule has 3 N–H and O–H groups in total. The molecule has 10 heteroatoms. The van der Waals surface area contributed by atoms with Gasteiger partial charge in [-0.1, -0.05) is 90.2 Å². The highest BCUT2D eigenvalue weighted by molar-refractivity contribution is 8.00. The number of carbonyl (C=O) groups excluding carboxylic acids is 3. The molecule has 0 fully saturated rings. The Balaban J connectivity index is 1.17. The van der Waals surface area contributed by atoms with Crippen molar-refractivity contribution in [3.05, 3.63) is 156 Å². The predicted octanol–water partition coefficient (Wildman–Crippen LogP) is 8.19. The van der Waals surface area contributed by atoms with Gasteiger partial charge in [-0.3, -0.25) is 14.4 Å². The van der Waals surface area contributed by atoms with Crippen LogP contribution in [-0.2, 0) is 9.59 Å². The van der Waals surface area contributed by atoms with Gasteiger partial charge >= 0.3 is 0 Å². The van der Waals surface area contributed by atoms with Crippen LogP contribution in [0.3, 0.4) is 0 Å². The van der Waals surface area contributed by atoms with Crippen LogP contribution >= 0.6 is 23.1 Å². The molecule has 0 saturated heterocycles. The Labute approximate surface area is 285 Å². The minimum absolute atomic E-state index is 0.0996. The molecule has 238 valence electrons. The summed E-state index contributed by atoms with van der Waals surface area (Å²) >= 11 is 2.77. The number of methoxy groups -OCH3 is 1. The minimum Gasteiger partial charge on any atom is -0.497 e. The van der Waals surface area contributed by atoms with E-state index in [1.165, 1.54) is 23.1 Å². The molecule has 0 aliphatic heterocycles. The molecule has 1 unspecified atom stereocenters. The van der Waals surface area contributed by atoms with Crippen LogP contribution in [0, 0.1) is 0 Å². The molecule has 6 rings (SSSR count). The molecule has 1 aromatic heterocycles. The van der Waals surface area contributed by atoms with Crippen molar-refractivity contribution in [3.8, 4) is 5.75 Å². The number of benzene rings is 5. The summed E-state index contributed by atoms with van der Waals surface area (Å²) in [6, 6.07) is 40.4. The molecule has 3 amide bonds. The first-order chi connectivity index (χ1) is 23.4. The molecule has 0 aliphatic rings. The summed E-state index contributed by atoms with van der Waals surface area (Å²) in [4.78, 5) is 45.4. The molecule has 8 nitrogen and oxygen atoms in total. The quantitative estimate of drug-likeness (QED) is 0.0948. The molecule has 5 aromatic carbocycles. The summed E-state index contributed by atoms with van der Waals surface area (Å²) in [7, 11) is 1.61. The van der Waals surface area contributed by atoms with E-state index in [4.69, 9.17) is 4.74 Å². The number of hydrogen-bond donors (Lipinski definition) is 3. The van der Waals surface area contributed by atoms with Crippen molar-refractivity contribution < 1.29 is 19.1 Å². The topological polar surface area (TPSA) is 109 Å². The van der Waals surface area contributed by atoms with Gasteiger partial charge in [0.05, 0.1) is 17.3 Å². The highest BCUT2D eigenvalue weighted by atomic mass is 32.2. The van der Waals surface area contributed by atoms with E-state index in [1.807, 2.05) is 97.1 Å². The number of thioether (sulfide) groups is 1. The van der Waals surface area contributed by atoms with Gasteiger partial charge in [-0.05, 0) is 71.8 Å². The normalized spacial score (nSPS) is 11.8. The van der Waals surface area contributed by atoms with Crippen molar-refractivity contribution in [3.63, 3.8) is 0 Å². The summed E-state index contributed by atoms with van der Waals surface area (Å²) in [6.45, 7) is 0. The largest absolute Gasteiger partial charge is 0.497 e. The third-order valence-electron chi connectivity index (χ3n) is 7.17. The fraction of sp³-hybridized carbons (Fsp3) is 0.0526. The molecule has 0 radical (unpaired) electrons. The van der Waals surface area contributed by atoms with Gasteiger partial charge in [0, 0.05) is 16.1 Å². The van der Waals surface area contributed by atoms with Gasteiger partial charge in [0.1, 0.15) is 16.7 Å². The third-order valence-corrected chi connectivity index (χ3v) is 9.37. The first kappa shape index (κ1) is 32.2. The summed E-state index contributed by atoms with van der Waals surface area (Å²) < 4.78 is 6.23. The molecule has 48 heavy (non-hydrogen) atoms. The third kappa shape index (κ3) is 8.16. The molecule has 1 heterocycles. The van der Waals surface area contributed by atoms with Crippen LogP contribution in [0.5, 0.6) is 5.75 Å². The van der Waals surface area contributed by atoms with Crippen molar-refractivity contribution in [1.82, 2.24) is 10.3 Å². The van der Waals surface area contributed by atoms with E-state index in [9.17, 15) is 14.4 Å². The molecule has 0 bridgehead atoms. The number of hydrogen-bond acceptors (Lipinski definition) is 7. The highest BCUT2D eigenvalue weighted by Gasteiger charge is 2.24. The van der Waals surface area contributed by atoms with Crippen LogP contribution < -0.4 is 20.7 Å². The average Bonchev–Trinajstić information content (AvgIpc) is 3.53. The van der Waals surface area contributed by atoms with Crippen LogP contribution in [0.4, 0.5) is 10.8 Å². The standard InChI is InChI=1S/C38H30N4O4S2/c1-46-29-19-22-31-33(24-29)48-38(41-31)42-37(45)34(26-13-7-3-8-14-26)47-30-20-17-28(18-21-30)39-36(44)32(23-25-11-5-2-6-12-25)40-35(43)27-15-9-4-10-16-27/h2-24,34H,1H3,(H,39,44)(H,40,43)(H,41,42,45)/b32-23-. The van der Waals surface area contributed by atoms with Gasteiger partial charge in [-0.25, -0.2) is 4.98 Å². The zero-order valence-corrected chi connectivity index (χ0v) is 27.4. The first-order valence-electron chi connectivity index (χ1n) is 15.0. The van der Waals surface area contributed by atoms with Gasteiger partial charge in [0.15, 0.2) is 5.13 Å². The molecule has 0 spiro atoms. The number of aromatic nitrogens is 1. The first-order valence-corrected chi connectivity index (χ1v) is 16.7. The van der Waals surface area contributed by atoms with Crippen LogP contribution in [0.1, 0.15) is 26.7 Å². The number of nitrogens with zero attached hydrogens (tertiary/aromatic N) is 1. The number of thiazole rings is 1. The number of fused-ring (bicyclic) bond motifs is 1. The Morgan fingerprint density at radius 3 is 2.15 bits per heavy atom. The molecule has 6 aromatic rings. The summed E-state index contributed by atoms with van der Waals surface area (Å²) in [6.07, 6.45) is 1.63. The smallest absolute Gasteiger partial charge is 0.272 e. The maximum Gasteiger partial charge on any atom is 0.272 e. The number of anilines is 2. The predicted molar refractivity (Wildman–Crippen MR) is 193 cm³/mol. The number of nitrogens with one attached hydrogen (secondary N) is 3. The SMILES string of the molecule is COc1ccc2nc(NC(=O)C(Sc3ccc(NC(=O)/C(=C/c4ccccc4)NC(=O)c4ccccc4)cc3)c3ccccc3)sc2c1. The van der Waals surface area contributed by atoms with Gasteiger partial charge in [-0.2, -0.15) is 0 Å². The summed E-state index contributed by atoms with van der Waals surface area (Å²) in [5.74, 6) is -0.352. The van der Waals surface area contributed by atoms with E-state index in [-0.39, 0.29) is 11.6 Å². The second kappa shape index (κ2) is 15.3. The minimum atomic E-state index is -0.568. The summed E-state index contributed by atoms with van der Waals surface area (Å²) in [5.41, 5.74) is 3.44. The monoisotopic (exact) mass is 670 g/mol. The van der Waals surface area contributed by atoms with Crippen molar-refractivity contribution >= 4 is 67.9 Å². The molecular formula is C38H30N4O4S2. The lowest BCUT2D eigenvalue weighted by Crippen LogP contribution is -2.30. The Morgan fingerprint density at radius 2 is 1.46 bits per heavy atom. The number of carbonyl (C=O) groups is 3. The van der Waals surface area contributed by atoms with E-state index in [1.54, 1.807) is 49.6 Å². The maximum absolute atomic E-state index is 13.7. The maximum atomic E-state index is 13.7. The molecule has 0 saturated carbocycles. The lowest BCUT2D eigenvalue weighted by molar-refractivity contribution is -0.116. The van der Waals surface area contributed by atoms with Crippen LogP contribution in [0.2, 0.25) is 0 Å². The van der Waals surface area contributed by atoms with Crippen LogP contribution in [-0.4, -0.2) is 29.8 Å². The molecule has 0 aliphatic carbocycles. The van der Waals surface area contributed by atoms with Gasteiger partial charge in [0.2, 0.25) is 5.91 Å². The van der Waals surface area contributed by atoms with Crippen molar-refractivity contribution in [2.75, 3.05) is 17.7 Å². The van der Waals surface area contributed by atoms with Crippen LogP contribution in [0.25, 0.3) is 16.3 Å². The Morgan fingerprint density at radius 1 is 0.792 bits per heavy atom. The summed E-state index contributed by atoms with van der Waals surface area (Å²) in [5, 5.41) is 8.56. The fourth-order valence-corrected chi connectivity index (χ4v) is 6.69. The lowest BCUT2D eigenvalue weighted by atomic mass is 10.1. The Kier molecular flexibility index (Phi) is 10.2. The van der Waals surface area contributed by atoms with Crippen LogP contribution in [0.15, 0.2) is 144 Å². The van der Waals surface area contributed by atoms with Crippen molar-refractivity contribution in [2.24, 2.45) is 0 Å². The van der Waals surface area contributed by atoms with E-state index >= 15 is 0 Å². The Bertz CT molecular complexity index is 2070. The number of amides is 3. The highest BCUT2D eigenvalue weighted by Crippen LogP contribution is 2.38. The van der Waals surface area contributed by atoms with E-state index in [0.717, 1.165) is 32.0 Å². The molecular weight excluding hydrogens is 641 g/mol.